The van der Waals surface area contributed by atoms with Gasteiger partial charge in [-0.25, -0.2) is 5.10 Å². The molecule has 1 aliphatic rings. The van der Waals surface area contributed by atoms with E-state index >= 15 is 0 Å². The molecule has 5 nitrogen and oxygen atoms in total. The Kier molecular flexibility index (Phi) is 2.70. The Bertz CT molecular complexity index is 271. The van der Waals surface area contributed by atoms with E-state index in [1.807, 2.05) is 0 Å². The van der Waals surface area contributed by atoms with Crippen LogP contribution in [0.4, 0.5) is 5.95 Å². The number of nitrogens with one attached hydrogen (secondary N) is 1. The standard InChI is InChI=1S/C7H12N4OS/c8-6-9-7(11-10-6)13-4-5-1-2-12-3-5/h5H,1-4H2,(H3,8,9,10,11). The van der Waals surface area contributed by atoms with Gasteiger partial charge in [-0.3, -0.25) is 0 Å². The van der Waals surface area contributed by atoms with Crippen molar-refractivity contribution in [1.82, 2.24) is 15.2 Å². The lowest BCUT2D eigenvalue weighted by Crippen LogP contribution is -2.02. The summed E-state index contributed by atoms with van der Waals surface area (Å²) in [4.78, 5) is 4.00. The van der Waals surface area contributed by atoms with Crippen LogP contribution in [0, 0.1) is 5.92 Å². The zero-order valence-electron chi connectivity index (χ0n) is 7.19. The van der Waals surface area contributed by atoms with E-state index in [0.717, 1.165) is 30.5 Å². The molecule has 1 aliphatic heterocycles. The Labute approximate surface area is 80.4 Å². The predicted molar refractivity (Wildman–Crippen MR) is 50.4 cm³/mol. The predicted octanol–water partition coefficient (Wildman–Crippen LogP) is 0.515. The molecule has 6 heteroatoms. The van der Waals surface area contributed by atoms with E-state index in [1.54, 1.807) is 11.8 Å². The minimum Gasteiger partial charge on any atom is -0.381 e. The second-order valence-electron chi connectivity index (χ2n) is 3.04. The molecule has 3 N–H and O–H groups in total. The lowest BCUT2D eigenvalue weighted by atomic mass is 10.2. The smallest absolute Gasteiger partial charge is 0.216 e. The van der Waals surface area contributed by atoms with Crippen LogP contribution < -0.4 is 5.73 Å². The van der Waals surface area contributed by atoms with E-state index in [4.69, 9.17) is 10.5 Å². The average molecular weight is 200 g/mol. The van der Waals surface area contributed by atoms with E-state index < -0.39 is 0 Å². The first-order valence-corrected chi connectivity index (χ1v) is 5.21. The number of nitrogens with two attached hydrogens (primary N) is 1. The molecule has 1 unspecified atom stereocenters. The molecule has 0 aromatic carbocycles. The number of aromatic amines is 1. The van der Waals surface area contributed by atoms with Crippen LogP contribution in [0.15, 0.2) is 5.16 Å². The second-order valence-corrected chi connectivity index (χ2v) is 4.03. The van der Waals surface area contributed by atoms with Crippen LogP contribution in [0.5, 0.6) is 0 Å². The van der Waals surface area contributed by atoms with Crippen LogP contribution in [-0.4, -0.2) is 34.1 Å². The van der Waals surface area contributed by atoms with Gasteiger partial charge in [-0.2, -0.15) is 4.98 Å². The van der Waals surface area contributed by atoms with Crippen molar-refractivity contribution >= 4 is 17.7 Å². The van der Waals surface area contributed by atoms with Crippen LogP contribution in [0.25, 0.3) is 0 Å². The van der Waals surface area contributed by atoms with Gasteiger partial charge in [-0.1, -0.05) is 11.8 Å². The van der Waals surface area contributed by atoms with Crippen LogP contribution in [-0.2, 0) is 4.74 Å². The maximum Gasteiger partial charge on any atom is 0.216 e. The molecule has 0 spiro atoms. The van der Waals surface area contributed by atoms with Crippen molar-refractivity contribution in [3.8, 4) is 0 Å². The van der Waals surface area contributed by atoms with Crippen molar-refractivity contribution in [3.05, 3.63) is 0 Å². The first-order valence-electron chi connectivity index (χ1n) is 4.23. The molecule has 1 atom stereocenters. The number of anilines is 1. The molecule has 0 aliphatic carbocycles. The molecule has 1 fully saturated rings. The zero-order chi connectivity index (χ0) is 9.10. The van der Waals surface area contributed by atoms with Crippen molar-refractivity contribution in [1.29, 1.82) is 0 Å². The van der Waals surface area contributed by atoms with Gasteiger partial charge in [-0.05, 0) is 12.3 Å². The van der Waals surface area contributed by atoms with E-state index in [2.05, 4.69) is 15.2 Å². The van der Waals surface area contributed by atoms with Crippen molar-refractivity contribution in [2.45, 2.75) is 11.6 Å². The van der Waals surface area contributed by atoms with Gasteiger partial charge in [0.1, 0.15) is 0 Å². The normalized spacial score (nSPS) is 22.3. The number of nitrogen functional groups attached to an aromatic ring is 1. The summed E-state index contributed by atoms with van der Waals surface area (Å²) in [6.07, 6.45) is 1.15. The number of thioether (sulfide) groups is 1. The summed E-state index contributed by atoms with van der Waals surface area (Å²) in [6, 6.07) is 0. The summed E-state index contributed by atoms with van der Waals surface area (Å²) in [6.45, 7) is 1.76. The van der Waals surface area contributed by atoms with Crippen LogP contribution in [0.2, 0.25) is 0 Å². The lowest BCUT2D eigenvalue weighted by Gasteiger charge is -2.02. The van der Waals surface area contributed by atoms with Gasteiger partial charge in [-0.15, -0.1) is 5.10 Å². The Balaban J connectivity index is 1.78. The number of H-pyrrole nitrogens is 1. The maximum absolute atomic E-state index is 5.40. The van der Waals surface area contributed by atoms with Crippen LogP contribution >= 0.6 is 11.8 Å². The summed E-state index contributed by atoms with van der Waals surface area (Å²) in [5, 5.41) is 7.27. The molecule has 72 valence electrons. The number of rotatable bonds is 3. The maximum atomic E-state index is 5.40. The fourth-order valence-electron chi connectivity index (χ4n) is 1.23. The quantitative estimate of drug-likeness (QED) is 0.695. The van der Waals surface area contributed by atoms with Gasteiger partial charge >= 0.3 is 0 Å². The van der Waals surface area contributed by atoms with Crippen LogP contribution in [0.1, 0.15) is 6.42 Å². The molecule has 0 saturated carbocycles. The minimum absolute atomic E-state index is 0.380. The third kappa shape index (κ3) is 2.35. The molecular weight excluding hydrogens is 188 g/mol. The molecule has 1 aromatic rings. The SMILES string of the molecule is Nc1nc(SCC2CCOC2)n[nH]1. The first kappa shape index (κ1) is 8.83. The topological polar surface area (TPSA) is 76.8 Å². The third-order valence-electron chi connectivity index (χ3n) is 1.95. The molecule has 0 radical (unpaired) electrons. The molecule has 2 heterocycles. The Morgan fingerprint density at radius 2 is 2.62 bits per heavy atom. The summed E-state index contributed by atoms with van der Waals surface area (Å²) < 4.78 is 5.26. The van der Waals surface area contributed by atoms with E-state index in [9.17, 15) is 0 Å². The number of ether oxygens (including phenoxy) is 1. The fraction of sp³-hybridized carbons (Fsp3) is 0.714. The van der Waals surface area contributed by atoms with E-state index in [-0.39, 0.29) is 0 Å². The monoisotopic (exact) mass is 200 g/mol. The van der Waals surface area contributed by atoms with Crippen molar-refractivity contribution in [2.75, 3.05) is 24.7 Å². The number of hydrogen-bond donors (Lipinski definition) is 2. The van der Waals surface area contributed by atoms with Gasteiger partial charge < -0.3 is 10.5 Å². The highest BCUT2D eigenvalue weighted by Crippen LogP contribution is 2.22. The molecule has 2 rings (SSSR count). The highest BCUT2D eigenvalue weighted by molar-refractivity contribution is 7.99. The van der Waals surface area contributed by atoms with Gasteiger partial charge in [0.15, 0.2) is 0 Å². The number of aromatic nitrogens is 3. The van der Waals surface area contributed by atoms with E-state index in [1.165, 1.54) is 0 Å². The molecule has 1 saturated heterocycles. The van der Waals surface area contributed by atoms with E-state index in [0.29, 0.717) is 11.9 Å². The molecular formula is C7H12N4OS. The largest absolute Gasteiger partial charge is 0.381 e. The minimum atomic E-state index is 0.380. The number of hydrogen-bond acceptors (Lipinski definition) is 5. The third-order valence-corrected chi connectivity index (χ3v) is 3.03. The molecule has 13 heavy (non-hydrogen) atoms. The first-order chi connectivity index (χ1) is 6.34. The highest BCUT2D eigenvalue weighted by atomic mass is 32.2. The van der Waals surface area contributed by atoms with Gasteiger partial charge in [0.2, 0.25) is 11.1 Å². The van der Waals surface area contributed by atoms with Crippen LogP contribution in [0.3, 0.4) is 0 Å². The zero-order valence-corrected chi connectivity index (χ0v) is 8.01. The summed E-state index contributed by atoms with van der Waals surface area (Å²) >= 11 is 1.63. The van der Waals surface area contributed by atoms with Gasteiger partial charge in [0.05, 0.1) is 6.61 Å². The van der Waals surface area contributed by atoms with Crippen molar-refractivity contribution in [3.63, 3.8) is 0 Å². The molecule has 0 bridgehead atoms. The van der Waals surface area contributed by atoms with Gasteiger partial charge in [0, 0.05) is 12.4 Å². The highest BCUT2D eigenvalue weighted by Gasteiger charge is 2.16. The lowest BCUT2D eigenvalue weighted by molar-refractivity contribution is 0.189. The van der Waals surface area contributed by atoms with Gasteiger partial charge in [0.25, 0.3) is 0 Å². The molecule has 1 aromatic heterocycles. The summed E-state index contributed by atoms with van der Waals surface area (Å²) in [7, 11) is 0. The average Bonchev–Trinajstić information content (AvgIpc) is 2.71. The summed E-state index contributed by atoms with van der Waals surface area (Å²) in [5.41, 5.74) is 5.40. The summed E-state index contributed by atoms with van der Waals surface area (Å²) in [5.74, 6) is 2.03. The fourth-order valence-corrected chi connectivity index (χ4v) is 2.15. The Hall–Kier alpha value is -0.750. The van der Waals surface area contributed by atoms with Crippen molar-refractivity contribution < 1.29 is 4.74 Å². The Morgan fingerprint density at radius 3 is 3.23 bits per heavy atom. The Morgan fingerprint density at radius 1 is 1.69 bits per heavy atom. The molecule has 0 amide bonds. The second kappa shape index (κ2) is 3.97. The van der Waals surface area contributed by atoms with Crippen molar-refractivity contribution in [2.24, 2.45) is 5.92 Å². The number of nitrogens with zero attached hydrogens (tertiary/aromatic N) is 2.